The van der Waals surface area contributed by atoms with Crippen molar-refractivity contribution in [2.45, 2.75) is 26.2 Å². The van der Waals surface area contributed by atoms with E-state index >= 15 is 0 Å². The summed E-state index contributed by atoms with van der Waals surface area (Å²) in [5.41, 5.74) is 1.32. The van der Waals surface area contributed by atoms with Crippen LogP contribution >= 0.6 is 0 Å². The van der Waals surface area contributed by atoms with Crippen LogP contribution in [0.4, 0.5) is 0 Å². The molecule has 27 heavy (non-hydrogen) atoms. The molecule has 1 aliphatic heterocycles. The van der Waals surface area contributed by atoms with Gasteiger partial charge in [0.05, 0.1) is 12.0 Å². The zero-order valence-corrected chi connectivity index (χ0v) is 14.9. The Balaban J connectivity index is 2.01. The van der Waals surface area contributed by atoms with E-state index in [0.717, 1.165) is 0 Å². The molecule has 4 rings (SSSR count). The van der Waals surface area contributed by atoms with E-state index in [1.165, 1.54) is 24.5 Å². The molecular weight excluding hydrogens is 348 g/mol. The van der Waals surface area contributed by atoms with Crippen LogP contribution in [0.1, 0.15) is 31.7 Å². The summed E-state index contributed by atoms with van der Waals surface area (Å²) in [4.78, 5) is 25.0. The van der Waals surface area contributed by atoms with Crippen molar-refractivity contribution in [1.82, 2.24) is 0 Å². The fourth-order valence-electron chi connectivity index (χ4n) is 3.58. The normalized spacial score (nSPS) is 16.4. The van der Waals surface area contributed by atoms with E-state index in [1.54, 1.807) is 12.1 Å². The van der Waals surface area contributed by atoms with Crippen molar-refractivity contribution in [2.75, 3.05) is 0 Å². The molecule has 0 bridgehead atoms. The predicted octanol–water partition coefficient (Wildman–Crippen LogP) is 3.92. The first kappa shape index (κ1) is 17.1. The standard InChI is InChI=1S/C21H18O6/c1-10(2)13-7-17(24)27-16-8-15(23)19-20(25)14(9-26-21(19)18(13)16)11-3-5-12(22)6-4-11/h3-6,8-10,13,22-23H,7H2,1-2H3/t13-/m1/s1. The van der Waals surface area contributed by atoms with Crippen LogP contribution in [0, 0.1) is 5.92 Å². The number of carbonyl (C=O) groups excluding carboxylic acids is 1. The minimum Gasteiger partial charge on any atom is -0.508 e. The molecule has 3 aromatic rings. The maximum atomic E-state index is 13.1. The number of fused-ring (bicyclic) bond motifs is 3. The van der Waals surface area contributed by atoms with Gasteiger partial charge in [-0.3, -0.25) is 9.59 Å². The molecule has 0 fully saturated rings. The highest BCUT2D eigenvalue weighted by Crippen LogP contribution is 2.45. The fourth-order valence-corrected chi connectivity index (χ4v) is 3.58. The quantitative estimate of drug-likeness (QED) is 0.527. The second kappa shape index (κ2) is 6.16. The Kier molecular flexibility index (Phi) is 3.91. The lowest BCUT2D eigenvalue weighted by Crippen LogP contribution is -2.24. The van der Waals surface area contributed by atoms with Crippen LogP contribution in [0.2, 0.25) is 0 Å². The Bertz CT molecular complexity index is 1110. The van der Waals surface area contributed by atoms with E-state index in [1.807, 2.05) is 13.8 Å². The number of hydrogen-bond donors (Lipinski definition) is 2. The number of benzene rings is 2. The first-order valence-corrected chi connectivity index (χ1v) is 8.68. The van der Waals surface area contributed by atoms with Gasteiger partial charge in [-0.1, -0.05) is 26.0 Å². The summed E-state index contributed by atoms with van der Waals surface area (Å²) < 4.78 is 11.1. The van der Waals surface area contributed by atoms with Crippen molar-refractivity contribution in [2.24, 2.45) is 5.92 Å². The molecule has 0 unspecified atom stereocenters. The Morgan fingerprint density at radius 2 is 1.81 bits per heavy atom. The highest BCUT2D eigenvalue weighted by molar-refractivity contribution is 5.93. The van der Waals surface area contributed by atoms with E-state index in [4.69, 9.17) is 9.15 Å². The van der Waals surface area contributed by atoms with Crippen molar-refractivity contribution in [3.8, 4) is 28.4 Å². The molecule has 2 heterocycles. The Morgan fingerprint density at radius 1 is 1.11 bits per heavy atom. The Morgan fingerprint density at radius 3 is 2.48 bits per heavy atom. The van der Waals surface area contributed by atoms with Gasteiger partial charge in [-0.15, -0.1) is 0 Å². The number of phenolic OH excluding ortho intramolecular Hbond substituents is 2. The summed E-state index contributed by atoms with van der Waals surface area (Å²) in [5, 5.41) is 19.9. The lowest BCUT2D eigenvalue weighted by atomic mass is 9.82. The summed E-state index contributed by atoms with van der Waals surface area (Å²) in [7, 11) is 0. The molecule has 0 saturated heterocycles. The maximum Gasteiger partial charge on any atom is 0.311 e. The van der Waals surface area contributed by atoms with E-state index in [0.29, 0.717) is 11.1 Å². The van der Waals surface area contributed by atoms with Gasteiger partial charge in [0.25, 0.3) is 0 Å². The van der Waals surface area contributed by atoms with Gasteiger partial charge in [-0.25, -0.2) is 0 Å². The summed E-state index contributed by atoms with van der Waals surface area (Å²) in [6.07, 6.45) is 1.53. The molecule has 1 atom stereocenters. The van der Waals surface area contributed by atoms with E-state index in [2.05, 4.69) is 0 Å². The minimum absolute atomic E-state index is 0.0583. The van der Waals surface area contributed by atoms with E-state index in [-0.39, 0.29) is 63.4 Å². The van der Waals surface area contributed by atoms with Gasteiger partial charge in [-0.05, 0) is 23.6 Å². The molecule has 0 aliphatic carbocycles. The maximum absolute atomic E-state index is 13.1. The van der Waals surface area contributed by atoms with Gasteiger partial charge < -0.3 is 19.4 Å². The third kappa shape index (κ3) is 2.73. The van der Waals surface area contributed by atoms with Gasteiger partial charge >= 0.3 is 5.97 Å². The SMILES string of the molecule is CC(C)[C@H]1CC(=O)Oc2cc(O)c3c(=O)c(-c4ccc(O)cc4)coc3c21. The van der Waals surface area contributed by atoms with Crippen LogP contribution in [-0.4, -0.2) is 16.2 Å². The third-order valence-corrected chi connectivity index (χ3v) is 4.99. The lowest BCUT2D eigenvalue weighted by Gasteiger charge is -2.28. The Labute approximate surface area is 154 Å². The predicted molar refractivity (Wildman–Crippen MR) is 99.1 cm³/mol. The second-order valence-electron chi connectivity index (χ2n) is 7.07. The number of ether oxygens (including phenoxy) is 1. The molecule has 0 spiro atoms. The molecule has 0 saturated carbocycles. The molecule has 0 radical (unpaired) electrons. The van der Waals surface area contributed by atoms with Crippen LogP contribution in [-0.2, 0) is 4.79 Å². The molecule has 138 valence electrons. The van der Waals surface area contributed by atoms with E-state index in [9.17, 15) is 19.8 Å². The number of rotatable bonds is 2. The van der Waals surface area contributed by atoms with Crippen LogP contribution in [0.15, 0.2) is 45.8 Å². The molecular formula is C21H18O6. The Hall–Kier alpha value is -3.28. The average molecular weight is 366 g/mol. The largest absolute Gasteiger partial charge is 0.508 e. The molecule has 0 amide bonds. The highest BCUT2D eigenvalue weighted by Gasteiger charge is 2.34. The van der Waals surface area contributed by atoms with Gasteiger partial charge in [0.2, 0.25) is 5.43 Å². The van der Waals surface area contributed by atoms with Crippen LogP contribution in [0.5, 0.6) is 17.2 Å². The lowest BCUT2D eigenvalue weighted by molar-refractivity contribution is -0.136. The smallest absolute Gasteiger partial charge is 0.311 e. The van der Waals surface area contributed by atoms with Crippen LogP contribution in [0.3, 0.4) is 0 Å². The molecule has 6 nitrogen and oxygen atoms in total. The monoisotopic (exact) mass is 366 g/mol. The topological polar surface area (TPSA) is 97.0 Å². The van der Waals surface area contributed by atoms with Crippen molar-refractivity contribution in [1.29, 1.82) is 0 Å². The third-order valence-electron chi connectivity index (χ3n) is 4.99. The van der Waals surface area contributed by atoms with Crippen molar-refractivity contribution < 1.29 is 24.2 Å². The number of phenols is 2. The minimum atomic E-state index is -0.387. The molecule has 1 aliphatic rings. The fraction of sp³-hybridized carbons (Fsp3) is 0.238. The molecule has 2 aromatic carbocycles. The second-order valence-corrected chi connectivity index (χ2v) is 7.07. The first-order valence-electron chi connectivity index (χ1n) is 8.68. The number of aromatic hydroxyl groups is 2. The number of carbonyl (C=O) groups is 1. The van der Waals surface area contributed by atoms with E-state index < -0.39 is 0 Å². The van der Waals surface area contributed by atoms with Gasteiger partial charge in [0, 0.05) is 17.5 Å². The summed E-state index contributed by atoms with van der Waals surface area (Å²) in [6, 6.07) is 7.45. The first-order chi connectivity index (χ1) is 12.9. The van der Waals surface area contributed by atoms with Gasteiger partial charge in [0.1, 0.15) is 34.5 Å². The van der Waals surface area contributed by atoms with Crippen LogP contribution < -0.4 is 10.2 Å². The summed E-state index contributed by atoms with van der Waals surface area (Å²) >= 11 is 0. The summed E-state index contributed by atoms with van der Waals surface area (Å²) in [5.74, 6) is -0.408. The average Bonchev–Trinajstić information content (AvgIpc) is 2.61. The molecule has 1 aromatic heterocycles. The molecule has 6 heteroatoms. The number of esters is 1. The van der Waals surface area contributed by atoms with Crippen molar-refractivity contribution in [3.63, 3.8) is 0 Å². The number of hydrogen-bond acceptors (Lipinski definition) is 6. The summed E-state index contributed by atoms with van der Waals surface area (Å²) in [6.45, 7) is 3.96. The van der Waals surface area contributed by atoms with Gasteiger partial charge in [-0.2, -0.15) is 0 Å². The highest BCUT2D eigenvalue weighted by atomic mass is 16.5. The zero-order valence-electron chi connectivity index (χ0n) is 14.9. The molecule has 2 N–H and O–H groups in total. The van der Waals surface area contributed by atoms with Gasteiger partial charge in [0.15, 0.2) is 0 Å². The van der Waals surface area contributed by atoms with Crippen molar-refractivity contribution >= 4 is 16.9 Å². The van der Waals surface area contributed by atoms with Crippen molar-refractivity contribution in [3.05, 3.63) is 52.4 Å². The van der Waals surface area contributed by atoms with Crippen LogP contribution in [0.25, 0.3) is 22.1 Å². The zero-order chi connectivity index (χ0) is 19.3.